The first-order chi connectivity index (χ1) is 7.24. The van der Waals surface area contributed by atoms with Crippen molar-refractivity contribution in [3.8, 4) is 5.88 Å². The quantitative estimate of drug-likeness (QED) is 0.756. The zero-order chi connectivity index (χ0) is 10.8. The van der Waals surface area contributed by atoms with Crippen LogP contribution in [0.2, 0.25) is 0 Å². The fourth-order valence-electron chi connectivity index (χ4n) is 1.44. The highest BCUT2D eigenvalue weighted by atomic mass is 19.1. The van der Waals surface area contributed by atoms with Crippen molar-refractivity contribution in [1.29, 1.82) is 0 Å². The average molecular weight is 206 g/mol. The Kier molecular flexibility index (Phi) is 2.49. The van der Waals surface area contributed by atoms with Gasteiger partial charge in [-0.05, 0) is 18.6 Å². The van der Waals surface area contributed by atoms with Crippen LogP contribution in [0, 0.1) is 5.82 Å². The molecule has 2 rings (SSSR count). The fourth-order valence-corrected chi connectivity index (χ4v) is 1.44. The molecule has 0 fully saturated rings. The third-order valence-electron chi connectivity index (χ3n) is 2.19. The molecule has 0 saturated carbocycles. The number of aryl methyl sites for hydroxylation is 1. The molecule has 3 nitrogen and oxygen atoms in total. The van der Waals surface area contributed by atoms with E-state index < -0.39 is 0 Å². The molecule has 1 heterocycles. The molecule has 0 radical (unpaired) electrons. The van der Waals surface area contributed by atoms with Gasteiger partial charge in [-0.15, -0.1) is 0 Å². The molecule has 0 spiro atoms. The maximum Gasteiger partial charge on any atom is 0.235 e. The zero-order valence-electron chi connectivity index (χ0n) is 8.62. The summed E-state index contributed by atoms with van der Waals surface area (Å²) in [5.74, 6) is 0.152. The Balaban J connectivity index is 2.69. The zero-order valence-corrected chi connectivity index (χ0v) is 8.62. The lowest BCUT2D eigenvalue weighted by Gasteiger charge is -2.06. The predicted molar refractivity (Wildman–Crippen MR) is 55.4 cm³/mol. The summed E-state index contributed by atoms with van der Waals surface area (Å²) in [6.07, 6.45) is 0.740. The van der Waals surface area contributed by atoms with E-state index in [0.717, 1.165) is 12.1 Å². The molecule has 0 N–H and O–H groups in total. The van der Waals surface area contributed by atoms with E-state index in [-0.39, 0.29) is 5.82 Å². The largest absolute Gasteiger partial charge is 0.480 e. The summed E-state index contributed by atoms with van der Waals surface area (Å²) < 4.78 is 18.0. The summed E-state index contributed by atoms with van der Waals surface area (Å²) in [6.45, 7) is 1.97. The minimum absolute atomic E-state index is 0.317. The third-order valence-corrected chi connectivity index (χ3v) is 2.19. The highest BCUT2D eigenvalue weighted by Gasteiger charge is 2.07. The molecule has 0 bridgehead atoms. The maximum atomic E-state index is 12.9. The molecule has 1 aromatic carbocycles. The Morgan fingerprint density at radius 2 is 2.07 bits per heavy atom. The highest BCUT2D eigenvalue weighted by Crippen LogP contribution is 2.19. The van der Waals surface area contributed by atoms with Crippen LogP contribution in [0.5, 0.6) is 5.88 Å². The number of fused-ring (bicyclic) bond motifs is 1. The van der Waals surface area contributed by atoms with Crippen LogP contribution >= 0.6 is 0 Å². The van der Waals surface area contributed by atoms with Crippen molar-refractivity contribution in [1.82, 2.24) is 9.97 Å². The van der Waals surface area contributed by atoms with Crippen LogP contribution in [0.1, 0.15) is 12.6 Å². The van der Waals surface area contributed by atoms with Gasteiger partial charge >= 0.3 is 0 Å². The summed E-state index contributed by atoms with van der Waals surface area (Å²) in [4.78, 5) is 8.55. The number of halogens is 1. The van der Waals surface area contributed by atoms with E-state index in [2.05, 4.69) is 9.97 Å². The number of benzene rings is 1. The van der Waals surface area contributed by atoms with Crippen LogP contribution < -0.4 is 4.74 Å². The van der Waals surface area contributed by atoms with E-state index >= 15 is 0 Å². The minimum atomic E-state index is -0.317. The number of nitrogens with zero attached hydrogens (tertiary/aromatic N) is 2. The maximum absolute atomic E-state index is 12.9. The third kappa shape index (κ3) is 1.75. The fraction of sp³-hybridized carbons (Fsp3) is 0.273. The molecular formula is C11H11FN2O. The van der Waals surface area contributed by atoms with Gasteiger partial charge < -0.3 is 4.74 Å². The van der Waals surface area contributed by atoms with Crippen LogP contribution in [0.4, 0.5) is 4.39 Å². The predicted octanol–water partition coefficient (Wildman–Crippen LogP) is 2.34. The number of ether oxygens (including phenoxy) is 1. The molecule has 0 aliphatic carbocycles. The van der Waals surface area contributed by atoms with Gasteiger partial charge in [0.25, 0.3) is 0 Å². The Morgan fingerprint density at radius 3 is 2.73 bits per heavy atom. The number of hydrogen-bond donors (Lipinski definition) is 0. The molecule has 0 saturated heterocycles. The van der Waals surface area contributed by atoms with E-state index in [1.165, 1.54) is 19.2 Å². The molecular weight excluding hydrogens is 195 g/mol. The van der Waals surface area contributed by atoms with Crippen molar-refractivity contribution < 1.29 is 9.13 Å². The lowest BCUT2D eigenvalue weighted by atomic mass is 10.2. The number of methoxy groups -OCH3 is 1. The van der Waals surface area contributed by atoms with E-state index in [9.17, 15) is 4.39 Å². The van der Waals surface area contributed by atoms with Crippen molar-refractivity contribution in [2.75, 3.05) is 7.11 Å². The van der Waals surface area contributed by atoms with E-state index in [1.807, 2.05) is 6.92 Å². The Bertz CT molecular complexity index is 499. The molecule has 1 aromatic heterocycles. The first-order valence-electron chi connectivity index (χ1n) is 4.74. The van der Waals surface area contributed by atoms with Crippen molar-refractivity contribution in [2.24, 2.45) is 0 Å². The normalized spacial score (nSPS) is 10.6. The van der Waals surface area contributed by atoms with Gasteiger partial charge in [0.05, 0.1) is 18.1 Å². The standard InChI is InChI=1S/C11H11FN2O/c1-3-8-11(15-2)14-10-6-7(12)4-5-9(10)13-8/h4-6H,3H2,1-2H3. The molecule has 78 valence electrons. The van der Waals surface area contributed by atoms with E-state index in [0.29, 0.717) is 16.9 Å². The van der Waals surface area contributed by atoms with Crippen LogP contribution in [0.25, 0.3) is 11.0 Å². The number of rotatable bonds is 2. The van der Waals surface area contributed by atoms with Gasteiger partial charge in [-0.3, -0.25) is 0 Å². The van der Waals surface area contributed by atoms with Crippen molar-refractivity contribution in [2.45, 2.75) is 13.3 Å². The Labute approximate surface area is 86.9 Å². The van der Waals surface area contributed by atoms with Crippen LogP contribution in [0.15, 0.2) is 18.2 Å². The SMILES string of the molecule is CCc1nc2ccc(F)cc2nc1OC. The second-order valence-corrected chi connectivity index (χ2v) is 3.17. The second-order valence-electron chi connectivity index (χ2n) is 3.17. The minimum Gasteiger partial charge on any atom is -0.480 e. The topological polar surface area (TPSA) is 35.0 Å². The Morgan fingerprint density at radius 1 is 1.27 bits per heavy atom. The van der Waals surface area contributed by atoms with Crippen molar-refractivity contribution in [3.05, 3.63) is 29.7 Å². The first-order valence-corrected chi connectivity index (χ1v) is 4.74. The van der Waals surface area contributed by atoms with Crippen LogP contribution in [0.3, 0.4) is 0 Å². The lowest BCUT2D eigenvalue weighted by molar-refractivity contribution is 0.392. The Hall–Kier alpha value is -1.71. The lowest BCUT2D eigenvalue weighted by Crippen LogP contribution is -1.98. The van der Waals surface area contributed by atoms with E-state index in [1.54, 1.807) is 6.07 Å². The molecule has 15 heavy (non-hydrogen) atoms. The molecule has 0 amide bonds. The average Bonchev–Trinajstić information content (AvgIpc) is 2.27. The first kappa shape index (κ1) is 9.83. The van der Waals surface area contributed by atoms with Crippen LogP contribution in [-0.2, 0) is 6.42 Å². The van der Waals surface area contributed by atoms with Gasteiger partial charge in [-0.1, -0.05) is 6.92 Å². The summed E-state index contributed by atoms with van der Waals surface area (Å²) in [5.41, 5.74) is 2.00. The highest BCUT2D eigenvalue weighted by molar-refractivity contribution is 5.74. The summed E-state index contributed by atoms with van der Waals surface area (Å²) in [7, 11) is 1.54. The molecule has 0 atom stereocenters. The monoisotopic (exact) mass is 206 g/mol. The second kappa shape index (κ2) is 3.81. The van der Waals surface area contributed by atoms with Crippen molar-refractivity contribution in [3.63, 3.8) is 0 Å². The van der Waals surface area contributed by atoms with E-state index in [4.69, 9.17) is 4.74 Å². The van der Waals surface area contributed by atoms with Crippen LogP contribution in [-0.4, -0.2) is 17.1 Å². The molecule has 0 unspecified atom stereocenters. The van der Waals surface area contributed by atoms with Gasteiger partial charge in [0.1, 0.15) is 11.5 Å². The smallest absolute Gasteiger partial charge is 0.235 e. The van der Waals surface area contributed by atoms with Gasteiger partial charge in [-0.25, -0.2) is 14.4 Å². The summed E-state index contributed by atoms with van der Waals surface area (Å²) in [5, 5.41) is 0. The number of aromatic nitrogens is 2. The summed E-state index contributed by atoms with van der Waals surface area (Å²) >= 11 is 0. The molecule has 2 aromatic rings. The summed E-state index contributed by atoms with van der Waals surface area (Å²) in [6, 6.07) is 4.35. The molecule has 0 aliphatic rings. The molecule has 4 heteroatoms. The van der Waals surface area contributed by atoms with Gasteiger partial charge in [0.15, 0.2) is 0 Å². The van der Waals surface area contributed by atoms with Gasteiger partial charge in [-0.2, -0.15) is 0 Å². The number of hydrogen-bond acceptors (Lipinski definition) is 3. The van der Waals surface area contributed by atoms with Gasteiger partial charge in [0, 0.05) is 6.07 Å². The van der Waals surface area contributed by atoms with Gasteiger partial charge in [0.2, 0.25) is 5.88 Å². The van der Waals surface area contributed by atoms with Crippen molar-refractivity contribution >= 4 is 11.0 Å². The molecule has 0 aliphatic heterocycles.